The van der Waals surface area contributed by atoms with Crippen molar-refractivity contribution in [3.8, 4) is 0 Å². The highest BCUT2D eigenvalue weighted by atomic mass is 16.5. The zero-order valence-corrected chi connectivity index (χ0v) is 10.5. The van der Waals surface area contributed by atoms with Gasteiger partial charge in [-0.1, -0.05) is 19.9 Å². The van der Waals surface area contributed by atoms with Crippen LogP contribution in [-0.4, -0.2) is 24.8 Å². The summed E-state index contributed by atoms with van der Waals surface area (Å²) < 4.78 is 5.89. The smallest absolute Gasteiger partial charge is 0.0597 e. The summed E-state index contributed by atoms with van der Waals surface area (Å²) in [4.78, 5) is 0. The lowest BCUT2D eigenvalue weighted by Crippen LogP contribution is -2.41. The molecule has 0 bridgehead atoms. The Morgan fingerprint density at radius 1 is 1.33 bits per heavy atom. The van der Waals surface area contributed by atoms with Crippen LogP contribution in [0.2, 0.25) is 0 Å². The fourth-order valence-corrected chi connectivity index (χ4v) is 2.81. The second kappa shape index (κ2) is 5.66. The third-order valence-electron chi connectivity index (χ3n) is 3.67. The first-order valence-electron chi connectivity index (χ1n) is 6.11. The third-order valence-corrected chi connectivity index (χ3v) is 3.67. The predicted octanol–water partition coefficient (Wildman–Crippen LogP) is 2.60. The summed E-state index contributed by atoms with van der Waals surface area (Å²) in [5.74, 6) is 1.24. The second-order valence-corrected chi connectivity index (χ2v) is 4.67. The molecule has 15 heavy (non-hydrogen) atoms. The number of hydrogen-bond donors (Lipinski definition) is 1. The van der Waals surface area contributed by atoms with Crippen molar-refractivity contribution in [3.05, 3.63) is 12.7 Å². The minimum Gasteiger partial charge on any atom is -0.375 e. The molecular weight excluding hydrogens is 186 g/mol. The molecule has 0 aromatic carbocycles. The fraction of sp³-hybridized carbons (Fsp3) is 0.846. The van der Waals surface area contributed by atoms with Crippen molar-refractivity contribution in [2.45, 2.75) is 52.4 Å². The van der Waals surface area contributed by atoms with E-state index in [1.54, 1.807) is 0 Å². The van der Waals surface area contributed by atoms with Crippen LogP contribution in [0.25, 0.3) is 0 Å². The summed E-state index contributed by atoms with van der Waals surface area (Å²) >= 11 is 0. The molecule has 1 N–H and O–H groups in total. The molecular formula is C13H25NO. The van der Waals surface area contributed by atoms with Crippen LogP contribution in [0, 0.1) is 11.8 Å². The highest BCUT2D eigenvalue weighted by Crippen LogP contribution is 2.35. The highest BCUT2D eigenvalue weighted by molar-refractivity contribution is 4.94. The van der Waals surface area contributed by atoms with Gasteiger partial charge in [-0.15, -0.1) is 6.58 Å². The fourth-order valence-electron chi connectivity index (χ4n) is 2.81. The molecule has 2 heteroatoms. The molecule has 5 unspecified atom stereocenters. The Balaban J connectivity index is 2.68. The number of nitrogens with one attached hydrogen (secondary N) is 1. The molecule has 0 aliphatic carbocycles. The van der Waals surface area contributed by atoms with E-state index in [2.05, 4.69) is 39.6 Å². The van der Waals surface area contributed by atoms with Crippen LogP contribution < -0.4 is 5.32 Å². The molecule has 88 valence electrons. The summed E-state index contributed by atoms with van der Waals surface area (Å²) in [6.07, 6.45) is 3.79. The summed E-state index contributed by atoms with van der Waals surface area (Å²) in [6, 6.07) is 0.516. The summed E-state index contributed by atoms with van der Waals surface area (Å²) in [6.45, 7) is 13.7. The summed E-state index contributed by atoms with van der Waals surface area (Å²) in [5, 5.41) is 3.56. The first-order chi connectivity index (χ1) is 7.11. The maximum Gasteiger partial charge on any atom is 0.0597 e. The van der Waals surface area contributed by atoms with Crippen molar-refractivity contribution in [1.29, 1.82) is 0 Å². The van der Waals surface area contributed by atoms with E-state index < -0.39 is 0 Å². The highest BCUT2D eigenvalue weighted by Gasteiger charge is 2.40. The minimum absolute atomic E-state index is 0.360. The molecule has 1 fully saturated rings. The van der Waals surface area contributed by atoms with Crippen LogP contribution in [0.3, 0.4) is 0 Å². The Morgan fingerprint density at radius 3 is 2.40 bits per heavy atom. The Morgan fingerprint density at radius 2 is 2.00 bits per heavy atom. The van der Waals surface area contributed by atoms with Crippen LogP contribution in [0.1, 0.15) is 34.1 Å². The van der Waals surface area contributed by atoms with Crippen LogP contribution in [0.15, 0.2) is 12.7 Å². The van der Waals surface area contributed by atoms with Gasteiger partial charge in [0.05, 0.1) is 12.2 Å². The van der Waals surface area contributed by atoms with Gasteiger partial charge in [0.25, 0.3) is 0 Å². The number of ether oxygens (including phenoxy) is 1. The molecule has 0 aromatic heterocycles. The molecule has 5 atom stereocenters. The zero-order valence-electron chi connectivity index (χ0n) is 10.5. The van der Waals surface area contributed by atoms with Gasteiger partial charge in [0.15, 0.2) is 0 Å². The lowest BCUT2D eigenvalue weighted by molar-refractivity contribution is 0.0477. The van der Waals surface area contributed by atoms with Gasteiger partial charge in [-0.3, -0.25) is 0 Å². The number of hydrogen-bond acceptors (Lipinski definition) is 2. The topological polar surface area (TPSA) is 21.3 Å². The largest absolute Gasteiger partial charge is 0.375 e. The molecule has 0 amide bonds. The van der Waals surface area contributed by atoms with E-state index in [-0.39, 0.29) is 0 Å². The van der Waals surface area contributed by atoms with Gasteiger partial charge >= 0.3 is 0 Å². The monoisotopic (exact) mass is 211 g/mol. The predicted molar refractivity (Wildman–Crippen MR) is 64.9 cm³/mol. The summed E-state index contributed by atoms with van der Waals surface area (Å²) in [7, 11) is 0. The van der Waals surface area contributed by atoms with Crippen LogP contribution in [0.5, 0.6) is 0 Å². The van der Waals surface area contributed by atoms with Crippen LogP contribution in [-0.2, 0) is 4.74 Å². The van der Waals surface area contributed by atoms with Crippen molar-refractivity contribution >= 4 is 0 Å². The van der Waals surface area contributed by atoms with Crippen LogP contribution in [0.4, 0.5) is 0 Å². The Hall–Kier alpha value is -0.340. The van der Waals surface area contributed by atoms with Gasteiger partial charge in [0, 0.05) is 12.0 Å². The minimum atomic E-state index is 0.360. The van der Waals surface area contributed by atoms with Crippen molar-refractivity contribution in [3.63, 3.8) is 0 Å². The van der Waals surface area contributed by atoms with E-state index >= 15 is 0 Å². The molecule has 1 heterocycles. The standard InChI is InChI=1S/C13H25NO/c1-6-8-12(14-7-2)13-9(3)10(4)15-11(13)5/h6,9-14H,1,7-8H2,2-5H3. The second-order valence-electron chi connectivity index (χ2n) is 4.67. The van der Waals surface area contributed by atoms with Crippen molar-refractivity contribution in [2.24, 2.45) is 11.8 Å². The normalized spacial score (nSPS) is 37.9. The van der Waals surface area contributed by atoms with Gasteiger partial charge in [-0.25, -0.2) is 0 Å². The van der Waals surface area contributed by atoms with Crippen molar-refractivity contribution in [1.82, 2.24) is 5.32 Å². The average molecular weight is 211 g/mol. The van der Waals surface area contributed by atoms with E-state index in [0.717, 1.165) is 13.0 Å². The molecule has 1 rings (SSSR count). The van der Waals surface area contributed by atoms with Crippen molar-refractivity contribution < 1.29 is 4.74 Å². The van der Waals surface area contributed by atoms with E-state index in [1.165, 1.54) is 0 Å². The molecule has 0 radical (unpaired) electrons. The van der Waals surface area contributed by atoms with E-state index in [9.17, 15) is 0 Å². The molecule has 1 saturated heterocycles. The maximum absolute atomic E-state index is 5.89. The molecule has 0 spiro atoms. The first-order valence-corrected chi connectivity index (χ1v) is 6.11. The van der Waals surface area contributed by atoms with Gasteiger partial charge in [0.2, 0.25) is 0 Å². The van der Waals surface area contributed by atoms with Gasteiger partial charge in [-0.2, -0.15) is 0 Å². The first kappa shape index (κ1) is 12.7. The van der Waals surface area contributed by atoms with E-state index in [0.29, 0.717) is 30.1 Å². The van der Waals surface area contributed by atoms with E-state index in [4.69, 9.17) is 4.74 Å². The Labute approximate surface area is 94.1 Å². The SMILES string of the molecule is C=CCC(NCC)C1C(C)OC(C)C1C. The molecule has 1 aliphatic rings. The maximum atomic E-state index is 5.89. The summed E-state index contributed by atoms with van der Waals surface area (Å²) in [5.41, 5.74) is 0. The lowest BCUT2D eigenvalue weighted by Gasteiger charge is -2.28. The lowest BCUT2D eigenvalue weighted by atomic mass is 9.82. The molecule has 0 saturated carbocycles. The Kier molecular flexibility index (Phi) is 4.81. The third kappa shape index (κ3) is 2.82. The molecule has 0 aromatic rings. The van der Waals surface area contributed by atoms with Crippen molar-refractivity contribution in [2.75, 3.05) is 6.54 Å². The number of rotatable bonds is 5. The van der Waals surface area contributed by atoms with Gasteiger partial charge < -0.3 is 10.1 Å². The molecule has 1 aliphatic heterocycles. The Bertz CT molecular complexity index is 205. The zero-order chi connectivity index (χ0) is 11.4. The molecule has 2 nitrogen and oxygen atoms in total. The van der Waals surface area contributed by atoms with Gasteiger partial charge in [-0.05, 0) is 32.7 Å². The van der Waals surface area contributed by atoms with E-state index in [1.807, 2.05) is 6.08 Å². The van der Waals surface area contributed by atoms with Gasteiger partial charge in [0.1, 0.15) is 0 Å². The average Bonchev–Trinajstić information content (AvgIpc) is 2.41. The quantitative estimate of drug-likeness (QED) is 0.706. The van der Waals surface area contributed by atoms with Crippen LogP contribution >= 0.6 is 0 Å².